The summed E-state index contributed by atoms with van der Waals surface area (Å²) in [4.78, 5) is 33.8. The van der Waals surface area contributed by atoms with Crippen LogP contribution in [0, 0.1) is 0 Å². The maximum Gasteiger partial charge on any atom is 0.326 e. The summed E-state index contributed by atoms with van der Waals surface area (Å²) in [6, 6.07) is -0.712. The highest BCUT2D eigenvalue weighted by Crippen LogP contribution is 2.14. The van der Waals surface area contributed by atoms with E-state index in [1.807, 2.05) is 13.8 Å². The third-order valence-corrected chi connectivity index (χ3v) is 4.34. The first-order valence-electron chi connectivity index (χ1n) is 7.23. The highest BCUT2D eigenvalue weighted by molar-refractivity contribution is 8.00. The molecule has 0 aliphatic carbocycles. The molecule has 3 N–H and O–H groups in total. The standard InChI is InChI=1S/C14H26N2O4S/c1-5-11(6-2)16-13(18)9(3)21-8-7-12(14(19)20)15-10(4)17/h9,11-12H,5-8H2,1-4H3,(H,15,17)(H,16,18)(H,19,20). The van der Waals surface area contributed by atoms with Crippen molar-refractivity contribution in [3.63, 3.8) is 0 Å². The van der Waals surface area contributed by atoms with E-state index >= 15 is 0 Å². The summed E-state index contributed by atoms with van der Waals surface area (Å²) < 4.78 is 0. The van der Waals surface area contributed by atoms with Gasteiger partial charge in [-0.3, -0.25) is 9.59 Å². The van der Waals surface area contributed by atoms with Gasteiger partial charge in [0.15, 0.2) is 0 Å². The molecule has 0 rings (SSSR count). The number of hydrogen-bond acceptors (Lipinski definition) is 4. The van der Waals surface area contributed by atoms with Gasteiger partial charge in [-0.25, -0.2) is 4.79 Å². The summed E-state index contributed by atoms with van der Waals surface area (Å²) in [6.45, 7) is 7.14. The Labute approximate surface area is 130 Å². The van der Waals surface area contributed by atoms with Crippen LogP contribution in [-0.2, 0) is 14.4 Å². The second-order valence-corrected chi connectivity index (χ2v) is 6.36. The molecule has 0 aliphatic rings. The number of rotatable bonds is 10. The fourth-order valence-corrected chi connectivity index (χ4v) is 2.70. The Morgan fingerprint density at radius 1 is 1.14 bits per heavy atom. The minimum absolute atomic E-state index is 0.0277. The predicted octanol–water partition coefficient (Wildman–Crippen LogP) is 1.39. The average molecular weight is 318 g/mol. The van der Waals surface area contributed by atoms with Gasteiger partial charge in [-0.2, -0.15) is 0 Å². The van der Waals surface area contributed by atoms with Gasteiger partial charge in [0.1, 0.15) is 6.04 Å². The molecule has 6 nitrogen and oxygen atoms in total. The number of carboxylic acid groups (broad SMARTS) is 1. The molecule has 2 atom stereocenters. The average Bonchev–Trinajstić information content (AvgIpc) is 2.42. The Kier molecular flexibility index (Phi) is 9.86. The molecule has 0 aromatic carbocycles. The van der Waals surface area contributed by atoms with Crippen LogP contribution in [0.3, 0.4) is 0 Å². The SMILES string of the molecule is CCC(CC)NC(=O)C(C)SCCC(NC(C)=O)C(=O)O. The van der Waals surface area contributed by atoms with Gasteiger partial charge in [-0.1, -0.05) is 13.8 Å². The molecular weight excluding hydrogens is 292 g/mol. The number of carbonyl (C=O) groups excluding carboxylic acids is 2. The Morgan fingerprint density at radius 2 is 1.71 bits per heavy atom. The molecule has 0 saturated heterocycles. The van der Waals surface area contributed by atoms with Gasteiger partial charge >= 0.3 is 5.97 Å². The maximum atomic E-state index is 11.9. The molecule has 0 saturated carbocycles. The van der Waals surface area contributed by atoms with Crippen molar-refractivity contribution in [3.8, 4) is 0 Å². The van der Waals surface area contributed by atoms with Crippen molar-refractivity contribution in [1.29, 1.82) is 0 Å². The second kappa shape index (κ2) is 10.5. The fraction of sp³-hybridized carbons (Fsp3) is 0.786. The Hall–Kier alpha value is -1.24. The van der Waals surface area contributed by atoms with E-state index in [4.69, 9.17) is 5.11 Å². The van der Waals surface area contributed by atoms with Crippen LogP contribution < -0.4 is 10.6 Å². The molecule has 0 fully saturated rings. The van der Waals surface area contributed by atoms with Crippen molar-refractivity contribution in [1.82, 2.24) is 10.6 Å². The van der Waals surface area contributed by atoms with Crippen LogP contribution in [0.1, 0.15) is 47.0 Å². The third kappa shape index (κ3) is 8.60. The Balaban J connectivity index is 4.16. The van der Waals surface area contributed by atoms with E-state index in [9.17, 15) is 14.4 Å². The zero-order valence-corrected chi connectivity index (χ0v) is 14.0. The summed E-state index contributed by atoms with van der Waals surface area (Å²) in [5.74, 6) is -0.957. The number of thioether (sulfide) groups is 1. The van der Waals surface area contributed by atoms with Gasteiger partial charge < -0.3 is 15.7 Å². The van der Waals surface area contributed by atoms with Crippen molar-refractivity contribution in [2.45, 2.75) is 64.3 Å². The number of carbonyl (C=O) groups is 3. The van der Waals surface area contributed by atoms with Crippen molar-refractivity contribution in [3.05, 3.63) is 0 Å². The molecular formula is C14H26N2O4S. The van der Waals surface area contributed by atoms with Crippen LogP contribution in [-0.4, -0.2) is 46.0 Å². The summed E-state index contributed by atoms with van der Waals surface area (Å²) in [5.41, 5.74) is 0. The molecule has 0 aromatic heterocycles. The van der Waals surface area contributed by atoms with Crippen LogP contribution in [0.25, 0.3) is 0 Å². The number of carboxylic acids is 1. The zero-order valence-electron chi connectivity index (χ0n) is 13.1. The van der Waals surface area contributed by atoms with Gasteiger partial charge in [-0.05, 0) is 31.9 Å². The van der Waals surface area contributed by atoms with E-state index < -0.39 is 12.0 Å². The fourth-order valence-electron chi connectivity index (χ4n) is 1.75. The van der Waals surface area contributed by atoms with Gasteiger partial charge in [0.25, 0.3) is 0 Å². The molecule has 2 unspecified atom stereocenters. The molecule has 21 heavy (non-hydrogen) atoms. The third-order valence-electron chi connectivity index (χ3n) is 3.15. The van der Waals surface area contributed by atoms with Crippen molar-refractivity contribution < 1.29 is 19.5 Å². The number of hydrogen-bond donors (Lipinski definition) is 3. The topological polar surface area (TPSA) is 95.5 Å². The van der Waals surface area contributed by atoms with Gasteiger partial charge in [-0.15, -0.1) is 11.8 Å². The van der Waals surface area contributed by atoms with E-state index in [0.29, 0.717) is 12.2 Å². The molecule has 0 aliphatic heterocycles. The number of nitrogens with one attached hydrogen (secondary N) is 2. The van der Waals surface area contributed by atoms with Gasteiger partial charge in [0.2, 0.25) is 11.8 Å². The second-order valence-electron chi connectivity index (χ2n) is 4.92. The van der Waals surface area contributed by atoms with E-state index in [1.54, 1.807) is 6.92 Å². The van der Waals surface area contributed by atoms with Crippen LogP contribution in [0.15, 0.2) is 0 Å². The molecule has 7 heteroatoms. The summed E-state index contributed by atoms with van der Waals surface area (Å²) >= 11 is 1.39. The first-order valence-corrected chi connectivity index (χ1v) is 8.28. The quantitative estimate of drug-likeness (QED) is 0.566. The van der Waals surface area contributed by atoms with Gasteiger partial charge in [0, 0.05) is 13.0 Å². The minimum Gasteiger partial charge on any atom is -0.480 e. The largest absolute Gasteiger partial charge is 0.480 e. The van der Waals surface area contributed by atoms with Crippen LogP contribution >= 0.6 is 11.8 Å². The lowest BCUT2D eigenvalue weighted by Crippen LogP contribution is -2.41. The lowest BCUT2D eigenvalue weighted by Gasteiger charge is -2.19. The lowest BCUT2D eigenvalue weighted by atomic mass is 10.2. The van der Waals surface area contributed by atoms with Crippen molar-refractivity contribution in [2.24, 2.45) is 0 Å². The molecule has 0 aromatic rings. The van der Waals surface area contributed by atoms with Crippen molar-refractivity contribution >= 4 is 29.5 Å². The van der Waals surface area contributed by atoms with Crippen LogP contribution in [0.5, 0.6) is 0 Å². The first-order chi connectivity index (χ1) is 9.81. The van der Waals surface area contributed by atoms with E-state index in [1.165, 1.54) is 18.7 Å². The van der Waals surface area contributed by atoms with E-state index in [2.05, 4.69) is 10.6 Å². The van der Waals surface area contributed by atoms with Gasteiger partial charge in [0.05, 0.1) is 5.25 Å². The smallest absolute Gasteiger partial charge is 0.326 e. The molecule has 0 heterocycles. The maximum absolute atomic E-state index is 11.9. The summed E-state index contributed by atoms with van der Waals surface area (Å²) in [7, 11) is 0. The highest BCUT2D eigenvalue weighted by atomic mass is 32.2. The molecule has 122 valence electrons. The summed E-state index contributed by atoms with van der Waals surface area (Å²) in [6.07, 6.45) is 2.08. The summed E-state index contributed by atoms with van der Waals surface area (Å²) in [5, 5.41) is 14.1. The normalized spacial score (nSPS) is 13.6. The van der Waals surface area contributed by atoms with E-state index in [-0.39, 0.29) is 23.1 Å². The Morgan fingerprint density at radius 3 is 2.14 bits per heavy atom. The Bertz CT molecular complexity index is 359. The number of amides is 2. The first kappa shape index (κ1) is 19.8. The molecule has 0 spiro atoms. The molecule has 0 bridgehead atoms. The number of aliphatic carboxylic acids is 1. The minimum atomic E-state index is -1.06. The van der Waals surface area contributed by atoms with Crippen molar-refractivity contribution in [2.75, 3.05) is 5.75 Å². The molecule has 0 radical (unpaired) electrons. The monoisotopic (exact) mass is 318 g/mol. The van der Waals surface area contributed by atoms with E-state index in [0.717, 1.165) is 12.8 Å². The van der Waals surface area contributed by atoms with Crippen LogP contribution in [0.2, 0.25) is 0 Å². The zero-order chi connectivity index (χ0) is 16.4. The predicted molar refractivity (Wildman–Crippen MR) is 84.3 cm³/mol. The lowest BCUT2D eigenvalue weighted by molar-refractivity contribution is -0.141. The molecule has 2 amide bonds. The highest BCUT2D eigenvalue weighted by Gasteiger charge is 2.20. The van der Waals surface area contributed by atoms with Crippen LogP contribution in [0.4, 0.5) is 0 Å².